The van der Waals surface area contributed by atoms with Gasteiger partial charge in [0.25, 0.3) is 5.91 Å². The van der Waals surface area contributed by atoms with Gasteiger partial charge in [-0.3, -0.25) is 9.59 Å². The highest BCUT2D eigenvalue weighted by atomic mass is 35.5. The number of rotatable bonds is 4. The molecule has 25 heavy (non-hydrogen) atoms. The van der Waals surface area contributed by atoms with E-state index < -0.39 is 0 Å². The molecule has 5 nitrogen and oxygen atoms in total. The zero-order chi connectivity index (χ0) is 17.8. The summed E-state index contributed by atoms with van der Waals surface area (Å²) in [4.78, 5) is 26.9. The van der Waals surface area contributed by atoms with E-state index in [1.807, 2.05) is 17.9 Å². The monoisotopic (exact) mass is 363 g/mol. The molecule has 0 saturated carbocycles. The number of amides is 2. The average molecular weight is 364 g/mol. The summed E-state index contributed by atoms with van der Waals surface area (Å²) in [6.07, 6.45) is 3.97. The van der Waals surface area contributed by atoms with Crippen LogP contribution in [0.4, 0.5) is 0 Å². The largest absolute Gasteiger partial charge is 0.354 e. The maximum Gasteiger partial charge on any atom is 0.254 e. The summed E-state index contributed by atoms with van der Waals surface area (Å²) in [5.74, 6) is 0.433. The van der Waals surface area contributed by atoms with Crippen molar-refractivity contribution in [2.24, 2.45) is 5.92 Å². The van der Waals surface area contributed by atoms with E-state index in [9.17, 15) is 9.59 Å². The van der Waals surface area contributed by atoms with E-state index in [0.717, 1.165) is 44.3 Å². The van der Waals surface area contributed by atoms with E-state index in [1.54, 1.807) is 12.1 Å². The molecule has 1 aromatic rings. The molecule has 2 heterocycles. The van der Waals surface area contributed by atoms with Gasteiger partial charge in [0.05, 0.1) is 6.04 Å². The van der Waals surface area contributed by atoms with Crippen LogP contribution in [0.5, 0.6) is 0 Å². The predicted octanol–water partition coefficient (Wildman–Crippen LogP) is 2.37. The number of carbonyl (C=O) groups excluding carboxylic acids is 2. The first kappa shape index (κ1) is 18.2. The first-order chi connectivity index (χ1) is 12.0. The molecule has 0 spiro atoms. The Morgan fingerprint density at radius 2 is 2.16 bits per heavy atom. The SMILES string of the molecule is Cc1ccc(Cl)cc1C(=O)N1CCCC(CNC(=O)C2CCCN2)C1. The lowest BCUT2D eigenvalue weighted by Gasteiger charge is -2.33. The van der Waals surface area contributed by atoms with Gasteiger partial charge in [0.2, 0.25) is 5.91 Å². The molecule has 2 N–H and O–H groups in total. The third-order valence-electron chi connectivity index (χ3n) is 5.18. The average Bonchev–Trinajstić information content (AvgIpc) is 3.16. The molecule has 2 amide bonds. The zero-order valence-electron chi connectivity index (χ0n) is 14.7. The fourth-order valence-corrected chi connectivity index (χ4v) is 3.86. The molecular formula is C19H26ClN3O2. The Morgan fingerprint density at radius 3 is 2.92 bits per heavy atom. The van der Waals surface area contributed by atoms with Crippen molar-refractivity contribution in [3.63, 3.8) is 0 Å². The van der Waals surface area contributed by atoms with Crippen LogP contribution >= 0.6 is 11.6 Å². The number of carbonyl (C=O) groups is 2. The number of nitrogens with one attached hydrogen (secondary N) is 2. The quantitative estimate of drug-likeness (QED) is 0.863. The van der Waals surface area contributed by atoms with Crippen LogP contribution in [0.1, 0.15) is 41.6 Å². The summed E-state index contributed by atoms with van der Waals surface area (Å²) < 4.78 is 0. The van der Waals surface area contributed by atoms with Gasteiger partial charge in [-0.1, -0.05) is 17.7 Å². The molecule has 0 bridgehead atoms. The number of aryl methyl sites for hydroxylation is 1. The predicted molar refractivity (Wildman–Crippen MR) is 98.9 cm³/mol. The van der Waals surface area contributed by atoms with Gasteiger partial charge in [-0.15, -0.1) is 0 Å². The second kappa shape index (κ2) is 8.19. The molecule has 136 valence electrons. The van der Waals surface area contributed by atoms with Crippen LogP contribution in [-0.2, 0) is 4.79 Å². The van der Waals surface area contributed by atoms with Gasteiger partial charge in [0.15, 0.2) is 0 Å². The minimum atomic E-state index is -0.0459. The molecule has 1 aromatic carbocycles. The first-order valence-corrected chi connectivity index (χ1v) is 9.49. The van der Waals surface area contributed by atoms with E-state index in [-0.39, 0.29) is 17.9 Å². The smallest absolute Gasteiger partial charge is 0.254 e. The second-order valence-corrected chi connectivity index (χ2v) is 7.55. The van der Waals surface area contributed by atoms with Gasteiger partial charge >= 0.3 is 0 Å². The summed E-state index contributed by atoms with van der Waals surface area (Å²) >= 11 is 6.05. The van der Waals surface area contributed by atoms with Crippen LogP contribution in [-0.4, -0.2) is 48.9 Å². The molecule has 2 aliphatic rings. The number of benzene rings is 1. The Hall–Kier alpha value is -1.59. The molecule has 2 unspecified atom stereocenters. The van der Waals surface area contributed by atoms with Crippen LogP contribution in [0, 0.1) is 12.8 Å². The number of nitrogens with zero attached hydrogens (tertiary/aromatic N) is 1. The van der Waals surface area contributed by atoms with Gasteiger partial charge in [-0.05, 0) is 62.8 Å². The number of piperidine rings is 1. The van der Waals surface area contributed by atoms with E-state index in [0.29, 0.717) is 29.6 Å². The Balaban J connectivity index is 1.56. The number of halogens is 1. The van der Waals surface area contributed by atoms with Gasteiger partial charge in [-0.2, -0.15) is 0 Å². The van der Waals surface area contributed by atoms with Gasteiger partial charge < -0.3 is 15.5 Å². The minimum Gasteiger partial charge on any atom is -0.354 e. The summed E-state index contributed by atoms with van der Waals surface area (Å²) in [5, 5.41) is 6.85. The zero-order valence-corrected chi connectivity index (χ0v) is 15.4. The van der Waals surface area contributed by atoms with Gasteiger partial charge in [0, 0.05) is 30.2 Å². The highest BCUT2D eigenvalue weighted by Crippen LogP contribution is 2.22. The molecule has 0 aliphatic carbocycles. The van der Waals surface area contributed by atoms with E-state index >= 15 is 0 Å². The van der Waals surface area contributed by atoms with Crippen molar-refractivity contribution in [1.29, 1.82) is 0 Å². The topological polar surface area (TPSA) is 61.4 Å². The third kappa shape index (κ3) is 4.53. The highest BCUT2D eigenvalue weighted by molar-refractivity contribution is 6.31. The lowest BCUT2D eigenvalue weighted by molar-refractivity contribution is -0.123. The molecule has 2 aliphatic heterocycles. The molecule has 3 rings (SSSR count). The van der Waals surface area contributed by atoms with E-state index in [2.05, 4.69) is 10.6 Å². The van der Waals surface area contributed by atoms with E-state index in [1.165, 1.54) is 0 Å². The van der Waals surface area contributed by atoms with Crippen LogP contribution in [0.15, 0.2) is 18.2 Å². The van der Waals surface area contributed by atoms with Gasteiger partial charge in [-0.25, -0.2) is 0 Å². The molecule has 2 fully saturated rings. The van der Waals surface area contributed by atoms with Crippen molar-refractivity contribution in [2.75, 3.05) is 26.2 Å². The molecule has 0 radical (unpaired) electrons. The Bertz CT molecular complexity index is 644. The molecule has 2 atom stereocenters. The second-order valence-electron chi connectivity index (χ2n) is 7.11. The first-order valence-electron chi connectivity index (χ1n) is 9.11. The standard InChI is InChI=1S/C19H26ClN3O2/c1-13-6-7-15(20)10-16(13)19(25)23-9-3-4-14(12-23)11-22-18(24)17-5-2-8-21-17/h6-7,10,14,17,21H,2-5,8-9,11-12H2,1H3,(H,22,24). The Labute approximate surface area is 154 Å². The van der Waals surface area contributed by atoms with Crippen molar-refractivity contribution < 1.29 is 9.59 Å². The third-order valence-corrected chi connectivity index (χ3v) is 5.41. The maximum atomic E-state index is 12.8. The summed E-state index contributed by atoms with van der Waals surface area (Å²) in [6.45, 7) is 4.93. The molecule has 0 aromatic heterocycles. The van der Waals surface area contributed by atoms with Crippen molar-refractivity contribution in [2.45, 2.75) is 38.6 Å². The number of hydrogen-bond acceptors (Lipinski definition) is 3. The summed E-state index contributed by atoms with van der Waals surface area (Å²) in [6, 6.07) is 5.39. The number of hydrogen-bond donors (Lipinski definition) is 2. The Morgan fingerprint density at radius 1 is 1.32 bits per heavy atom. The van der Waals surface area contributed by atoms with Crippen LogP contribution in [0.2, 0.25) is 5.02 Å². The summed E-state index contributed by atoms with van der Waals surface area (Å²) in [5.41, 5.74) is 1.62. The lowest BCUT2D eigenvalue weighted by Crippen LogP contribution is -2.46. The molecule has 6 heteroatoms. The van der Waals surface area contributed by atoms with Gasteiger partial charge in [0.1, 0.15) is 0 Å². The number of likely N-dealkylation sites (tertiary alicyclic amines) is 1. The normalized spacial score (nSPS) is 23.5. The van der Waals surface area contributed by atoms with Crippen molar-refractivity contribution in [3.05, 3.63) is 34.3 Å². The van der Waals surface area contributed by atoms with Crippen molar-refractivity contribution >= 4 is 23.4 Å². The molecule has 2 saturated heterocycles. The van der Waals surface area contributed by atoms with Crippen LogP contribution in [0.3, 0.4) is 0 Å². The molecular weight excluding hydrogens is 338 g/mol. The van der Waals surface area contributed by atoms with Crippen LogP contribution < -0.4 is 10.6 Å². The Kier molecular flexibility index (Phi) is 5.97. The van der Waals surface area contributed by atoms with E-state index in [4.69, 9.17) is 11.6 Å². The fourth-order valence-electron chi connectivity index (χ4n) is 3.69. The minimum absolute atomic E-state index is 0.0356. The van der Waals surface area contributed by atoms with Crippen molar-refractivity contribution in [3.8, 4) is 0 Å². The van der Waals surface area contributed by atoms with Crippen LogP contribution in [0.25, 0.3) is 0 Å². The maximum absolute atomic E-state index is 12.8. The fraction of sp³-hybridized carbons (Fsp3) is 0.579. The lowest BCUT2D eigenvalue weighted by atomic mass is 9.96. The summed E-state index contributed by atoms with van der Waals surface area (Å²) in [7, 11) is 0. The highest BCUT2D eigenvalue weighted by Gasteiger charge is 2.27. The van der Waals surface area contributed by atoms with Crippen molar-refractivity contribution in [1.82, 2.24) is 15.5 Å².